The number of hydrogen-bond acceptors (Lipinski definition) is 11. The smallest absolute Gasteiger partial charge is 0.362 e. The minimum atomic E-state index is -4.77. The highest BCUT2D eigenvalue weighted by Gasteiger charge is 2.53. The topological polar surface area (TPSA) is 205 Å². The lowest BCUT2D eigenvalue weighted by Crippen LogP contribution is -2.72. The van der Waals surface area contributed by atoms with Crippen LogP contribution >= 0.6 is 11.3 Å². The molecule has 2 rings (SSSR count). The van der Waals surface area contributed by atoms with Crippen LogP contribution in [-0.4, -0.2) is 93.1 Å². The second-order valence-electron chi connectivity index (χ2n) is 8.08. The molecule has 0 aromatic carbocycles. The predicted molar refractivity (Wildman–Crippen MR) is 134 cm³/mol. The zero-order chi connectivity index (χ0) is 27.8. The fourth-order valence-corrected chi connectivity index (χ4v) is 4.54. The maximum Gasteiger partial charge on any atom is 0.362 e. The number of nitrogen functional groups attached to an aromatic ring is 1. The summed E-state index contributed by atoms with van der Waals surface area (Å²) in [5.74, 6) is -3.34. The molecular weight excluding hydrogens is 516 g/mol. The molecule has 1 aliphatic heterocycles. The van der Waals surface area contributed by atoms with Crippen molar-refractivity contribution in [2.45, 2.75) is 65.6 Å². The molecule has 0 unspecified atom stereocenters. The maximum atomic E-state index is 12.7. The van der Waals surface area contributed by atoms with E-state index in [0.29, 0.717) is 0 Å². The zero-order valence-electron chi connectivity index (χ0n) is 21.1. The number of thiazole rings is 1. The van der Waals surface area contributed by atoms with Crippen LogP contribution in [0, 0.1) is 0 Å². The number of oxime groups is 1. The summed E-state index contributed by atoms with van der Waals surface area (Å²) in [6.45, 7) is 14.1. The van der Waals surface area contributed by atoms with Crippen molar-refractivity contribution in [1.29, 1.82) is 0 Å². The minimum Gasteiger partial charge on any atom is -0.478 e. The monoisotopic (exact) mass is 550 g/mol. The molecule has 14 nitrogen and oxygen atoms in total. The first-order chi connectivity index (χ1) is 16.6. The Morgan fingerprint density at radius 2 is 1.83 bits per heavy atom. The Kier molecular flexibility index (Phi) is 11.2. The van der Waals surface area contributed by atoms with Gasteiger partial charge in [-0.05, 0) is 39.9 Å². The third-order valence-electron chi connectivity index (χ3n) is 5.32. The number of carboxylic acids is 1. The molecule has 36 heavy (non-hydrogen) atoms. The number of β-lactam (4-membered cyclic amide) rings is 1. The van der Waals surface area contributed by atoms with Crippen molar-refractivity contribution < 1.29 is 37.3 Å². The lowest BCUT2D eigenvalue weighted by atomic mass is 9.96. The zero-order valence-corrected chi connectivity index (χ0v) is 22.7. The lowest BCUT2D eigenvalue weighted by molar-refractivity contribution is -0.161. The van der Waals surface area contributed by atoms with E-state index in [1.54, 1.807) is 6.92 Å². The molecule has 1 saturated heterocycles. The van der Waals surface area contributed by atoms with Gasteiger partial charge in [0.05, 0.1) is 6.04 Å². The number of hydrogen-bond donors (Lipinski definition) is 4. The lowest BCUT2D eigenvalue weighted by Gasteiger charge is -2.43. The van der Waals surface area contributed by atoms with Crippen molar-refractivity contribution in [2.75, 3.05) is 25.4 Å². The quantitative estimate of drug-likeness (QED) is 0.130. The molecule has 2 heterocycles. The van der Waals surface area contributed by atoms with E-state index in [1.165, 1.54) is 38.9 Å². The van der Waals surface area contributed by atoms with Gasteiger partial charge in [0.2, 0.25) is 5.60 Å². The van der Waals surface area contributed by atoms with Gasteiger partial charge in [0.1, 0.15) is 11.7 Å². The number of nitrogens with two attached hydrogens (primary N) is 1. The molecule has 1 fully saturated rings. The van der Waals surface area contributed by atoms with E-state index < -0.39 is 51.5 Å². The van der Waals surface area contributed by atoms with Gasteiger partial charge in [-0.2, -0.15) is 8.42 Å². The Hall–Kier alpha value is -2.82. The number of nitrogens with one attached hydrogen (secondary N) is 1. The van der Waals surface area contributed by atoms with Crippen LogP contribution < -0.4 is 11.1 Å². The fraction of sp³-hybridized carbons (Fsp3) is 0.650. The van der Waals surface area contributed by atoms with Crippen molar-refractivity contribution in [1.82, 2.24) is 19.5 Å². The summed E-state index contributed by atoms with van der Waals surface area (Å²) < 4.78 is 32.0. The van der Waals surface area contributed by atoms with Crippen molar-refractivity contribution in [3.63, 3.8) is 0 Å². The molecule has 1 aromatic heterocycles. The van der Waals surface area contributed by atoms with Gasteiger partial charge in [0.15, 0.2) is 10.8 Å². The maximum absolute atomic E-state index is 12.7. The number of aromatic nitrogens is 1. The summed E-state index contributed by atoms with van der Waals surface area (Å²) in [4.78, 5) is 47.1. The highest BCUT2D eigenvalue weighted by Crippen LogP contribution is 2.26. The van der Waals surface area contributed by atoms with Crippen LogP contribution in [0.15, 0.2) is 10.5 Å². The van der Waals surface area contributed by atoms with Gasteiger partial charge in [0, 0.05) is 5.38 Å². The van der Waals surface area contributed by atoms with Gasteiger partial charge < -0.3 is 25.9 Å². The number of anilines is 1. The van der Waals surface area contributed by atoms with Gasteiger partial charge in [-0.25, -0.2) is 14.1 Å². The van der Waals surface area contributed by atoms with Gasteiger partial charge in [-0.1, -0.05) is 32.9 Å². The molecule has 0 aliphatic carbocycles. The van der Waals surface area contributed by atoms with Gasteiger partial charge in [-0.3, -0.25) is 14.1 Å². The van der Waals surface area contributed by atoms with E-state index in [1.807, 2.05) is 0 Å². The standard InChI is InChI=1S/C14H19N5O8S2.C6H15N/c1-4-7-9(11(21)19(7)29(24,25)26)17-10(20)8(6-5-28-13(15)16-6)18-27-14(2,3)12(22)23;1-4-7(5-2)6-3/h5,7,9H,4H2,1-3H3,(H2,15,16)(H,17,20)(H,22,23)(H,24,25,26);4-6H2,1-3H3/b18-8+;/t7-,9-;/m0./s1. The van der Waals surface area contributed by atoms with Crippen LogP contribution in [0.3, 0.4) is 0 Å². The summed E-state index contributed by atoms with van der Waals surface area (Å²) in [7, 11) is -4.77. The van der Waals surface area contributed by atoms with Gasteiger partial charge in [0.25, 0.3) is 11.8 Å². The Balaban J connectivity index is 0.000000809. The van der Waals surface area contributed by atoms with Crippen molar-refractivity contribution in [3.8, 4) is 0 Å². The molecule has 0 spiro atoms. The first kappa shape index (κ1) is 31.2. The van der Waals surface area contributed by atoms with E-state index in [2.05, 4.69) is 41.1 Å². The van der Waals surface area contributed by atoms with Crippen LogP contribution in [0.5, 0.6) is 0 Å². The summed E-state index contributed by atoms with van der Waals surface area (Å²) in [5, 5.41) is 16.5. The third kappa shape index (κ3) is 7.84. The van der Waals surface area contributed by atoms with E-state index in [0.717, 1.165) is 11.3 Å². The fourth-order valence-electron chi connectivity index (χ4n) is 3.04. The second kappa shape index (κ2) is 12.9. The van der Waals surface area contributed by atoms with Crippen LogP contribution in [0.4, 0.5) is 5.13 Å². The second-order valence-corrected chi connectivity index (χ2v) is 10.3. The summed E-state index contributed by atoms with van der Waals surface area (Å²) in [5.41, 5.74) is 3.29. The first-order valence-electron chi connectivity index (χ1n) is 11.2. The highest BCUT2D eigenvalue weighted by molar-refractivity contribution is 7.84. The number of carboxylic acid groups (broad SMARTS) is 1. The molecule has 0 radical (unpaired) electrons. The molecule has 5 N–H and O–H groups in total. The van der Waals surface area contributed by atoms with Gasteiger partial charge in [-0.15, -0.1) is 11.3 Å². The van der Waals surface area contributed by atoms with Crippen LogP contribution in [-0.2, 0) is 29.5 Å². The predicted octanol–water partition coefficient (Wildman–Crippen LogP) is 0.566. The van der Waals surface area contributed by atoms with Crippen LogP contribution in [0.1, 0.15) is 53.7 Å². The minimum absolute atomic E-state index is 0.0300. The first-order valence-corrected chi connectivity index (χ1v) is 13.5. The summed E-state index contributed by atoms with van der Waals surface area (Å²) in [6.07, 6.45) is 0.120. The van der Waals surface area contributed by atoms with E-state index in [4.69, 9.17) is 20.2 Å². The van der Waals surface area contributed by atoms with Crippen molar-refractivity contribution in [3.05, 3.63) is 11.1 Å². The van der Waals surface area contributed by atoms with Crippen molar-refractivity contribution >= 4 is 50.3 Å². The molecule has 1 aromatic rings. The molecule has 16 heteroatoms. The number of nitrogens with zero attached hydrogens (tertiary/aromatic N) is 4. The number of carbonyl (C=O) groups excluding carboxylic acids is 2. The molecule has 2 amide bonds. The molecule has 0 bridgehead atoms. The highest BCUT2D eigenvalue weighted by atomic mass is 32.2. The van der Waals surface area contributed by atoms with Crippen LogP contribution in [0.25, 0.3) is 0 Å². The molecule has 2 atom stereocenters. The van der Waals surface area contributed by atoms with E-state index in [-0.39, 0.29) is 21.6 Å². The average molecular weight is 551 g/mol. The largest absolute Gasteiger partial charge is 0.478 e. The van der Waals surface area contributed by atoms with Crippen molar-refractivity contribution in [2.24, 2.45) is 5.16 Å². The Morgan fingerprint density at radius 3 is 2.19 bits per heavy atom. The number of aliphatic carboxylic acids is 1. The summed E-state index contributed by atoms with van der Waals surface area (Å²) in [6, 6.07) is -2.25. The third-order valence-corrected chi connectivity index (χ3v) is 6.95. The van der Waals surface area contributed by atoms with E-state index >= 15 is 0 Å². The molecule has 1 aliphatic rings. The van der Waals surface area contributed by atoms with E-state index in [9.17, 15) is 22.8 Å². The Morgan fingerprint density at radius 1 is 1.28 bits per heavy atom. The number of rotatable bonds is 11. The normalized spacial score (nSPS) is 18.3. The summed E-state index contributed by atoms with van der Waals surface area (Å²) >= 11 is 0.984. The Labute approximate surface area is 214 Å². The molecular formula is C20H34N6O8S2. The molecule has 0 saturated carbocycles. The molecule has 204 valence electrons. The number of carbonyl (C=O) groups is 3. The van der Waals surface area contributed by atoms with Crippen LogP contribution in [0.2, 0.25) is 0 Å². The SMILES string of the molecule is CCN(CC)CC.CC[C@H]1[C@H](NC(=O)/C(=N/OC(C)(C)C(=O)O)c2csc(N)n2)C(=O)N1S(=O)(=O)O. The Bertz CT molecular complexity index is 1060. The number of amides is 2. The average Bonchev–Trinajstić information content (AvgIpc) is 3.21. The van der Waals surface area contributed by atoms with Gasteiger partial charge >= 0.3 is 16.3 Å².